The van der Waals surface area contributed by atoms with Crippen molar-refractivity contribution in [1.82, 2.24) is 4.90 Å². The molecular formula is C12H13NO4S. The summed E-state index contributed by atoms with van der Waals surface area (Å²) in [7, 11) is 1.49. The molecule has 18 heavy (non-hydrogen) atoms. The van der Waals surface area contributed by atoms with Crippen molar-refractivity contribution in [3.05, 3.63) is 29.8 Å². The third-order valence-electron chi connectivity index (χ3n) is 2.77. The first-order valence-electron chi connectivity index (χ1n) is 5.39. The van der Waals surface area contributed by atoms with Gasteiger partial charge in [-0.05, 0) is 12.1 Å². The lowest BCUT2D eigenvalue weighted by molar-refractivity contribution is -0.140. The number of carbonyl (C=O) groups is 2. The van der Waals surface area contributed by atoms with Gasteiger partial charge in [-0.1, -0.05) is 12.1 Å². The fourth-order valence-electron chi connectivity index (χ4n) is 1.82. The van der Waals surface area contributed by atoms with E-state index in [1.165, 1.54) is 23.8 Å². The number of carboxylic acid groups (broad SMARTS) is 1. The summed E-state index contributed by atoms with van der Waals surface area (Å²) in [5, 5.41) is 9.07. The molecule has 0 spiro atoms. The van der Waals surface area contributed by atoms with Crippen LogP contribution in [0.25, 0.3) is 0 Å². The zero-order valence-electron chi connectivity index (χ0n) is 9.83. The molecule has 1 aliphatic heterocycles. The van der Waals surface area contributed by atoms with Crippen LogP contribution in [-0.2, 0) is 4.79 Å². The van der Waals surface area contributed by atoms with Crippen LogP contribution in [0, 0.1) is 0 Å². The second-order valence-electron chi connectivity index (χ2n) is 3.83. The van der Waals surface area contributed by atoms with E-state index in [1.54, 1.807) is 24.3 Å². The van der Waals surface area contributed by atoms with Crippen LogP contribution in [0.4, 0.5) is 0 Å². The molecule has 0 saturated carbocycles. The van der Waals surface area contributed by atoms with Crippen LogP contribution in [-0.4, -0.2) is 46.7 Å². The minimum Gasteiger partial charge on any atom is -0.496 e. The Bertz CT molecular complexity index is 477. The number of benzene rings is 1. The topological polar surface area (TPSA) is 66.8 Å². The van der Waals surface area contributed by atoms with E-state index in [0.717, 1.165) is 0 Å². The Morgan fingerprint density at radius 3 is 2.83 bits per heavy atom. The number of nitrogens with zero attached hydrogens (tertiary/aromatic N) is 1. The van der Waals surface area contributed by atoms with Gasteiger partial charge in [0.05, 0.1) is 18.6 Å². The molecule has 1 aromatic rings. The summed E-state index contributed by atoms with van der Waals surface area (Å²) >= 11 is 1.44. The van der Waals surface area contributed by atoms with Gasteiger partial charge in [-0.3, -0.25) is 4.79 Å². The molecule has 6 heteroatoms. The smallest absolute Gasteiger partial charge is 0.327 e. The molecular weight excluding hydrogens is 254 g/mol. The van der Waals surface area contributed by atoms with Crippen molar-refractivity contribution in [2.24, 2.45) is 0 Å². The van der Waals surface area contributed by atoms with E-state index in [9.17, 15) is 9.59 Å². The highest BCUT2D eigenvalue weighted by Crippen LogP contribution is 2.26. The van der Waals surface area contributed by atoms with Crippen molar-refractivity contribution >= 4 is 23.6 Å². The number of hydrogen-bond donors (Lipinski definition) is 1. The first kappa shape index (κ1) is 12.8. The van der Waals surface area contributed by atoms with Crippen molar-refractivity contribution in [1.29, 1.82) is 0 Å². The highest BCUT2D eigenvalue weighted by molar-refractivity contribution is 7.99. The Labute approximate surface area is 109 Å². The molecule has 1 heterocycles. The Balaban J connectivity index is 2.28. The molecule has 0 unspecified atom stereocenters. The molecule has 0 aromatic heterocycles. The van der Waals surface area contributed by atoms with E-state index in [4.69, 9.17) is 9.84 Å². The minimum absolute atomic E-state index is 0.301. The molecule has 1 atom stereocenters. The van der Waals surface area contributed by atoms with Gasteiger partial charge in [0.1, 0.15) is 11.8 Å². The zero-order chi connectivity index (χ0) is 13.1. The monoisotopic (exact) mass is 267 g/mol. The summed E-state index contributed by atoms with van der Waals surface area (Å²) in [6.45, 7) is 0. The highest BCUT2D eigenvalue weighted by Gasteiger charge is 2.35. The van der Waals surface area contributed by atoms with Crippen LogP contribution in [0.1, 0.15) is 10.4 Å². The maximum Gasteiger partial charge on any atom is 0.327 e. The largest absolute Gasteiger partial charge is 0.496 e. The second kappa shape index (κ2) is 5.30. The average molecular weight is 267 g/mol. The van der Waals surface area contributed by atoms with Crippen molar-refractivity contribution in [2.45, 2.75) is 6.04 Å². The Hall–Kier alpha value is -1.69. The van der Waals surface area contributed by atoms with Crippen LogP contribution in [0.2, 0.25) is 0 Å². The van der Waals surface area contributed by atoms with E-state index in [2.05, 4.69) is 0 Å². The molecule has 0 bridgehead atoms. The summed E-state index contributed by atoms with van der Waals surface area (Å²) in [4.78, 5) is 24.7. The lowest BCUT2D eigenvalue weighted by Crippen LogP contribution is -2.41. The van der Waals surface area contributed by atoms with Crippen molar-refractivity contribution in [2.75, 3.05) is 18.7 Å². The number of hydrogen-bond acceptors (Lipinski definition) is 4. The zero-order valence-corrected chi connectivity index (χ0v) is 10.6. The van der Waals surface area contributed by atoms with Gasteiger partial charge in [-0.15, -0.1) is 11.8 Å². The summed E-state index contributed by atoms with van der Waals surface area (Å²) in [5.41, 5.74) is 0.397. The number of carboxylic acids is 1. The van der Waals surface area contributed by atoms with Gasteiger partial charge >= 0.3 is 5.97 Å². The molecule has 1 saturated heterocycles. The maximum atomic E-state index is 12.3. The third-order valence-corrected chi connectivity index (χ3v) is 3.78. The average Bonchev–Trinajstić information content (AvgIpc) is 2.87. The fraction of sp³-hybridized carbons (Fsp3) is 0.333. The van der Waals surface area contributed by atoms with E-state index in [1.807, 2.05) is 0 Å². The lowest BCUT2D eigenvalue weighted by atomic mass is 10.1. The van der Waals surface area contributed by atoms with Gasteiger partial charge in [-0.25, -0.2) is 4.79 Å². The number of amides is 1. The standard InChI is InChI=1S/C12H13NO4S/c1-17-10-5-3-2-4-8(10)11(14)13-7-18-6-9(13)12(15)16/h2-5,9H,6-7H2,1H3,(H,15,16)/t9-/m0/s1. The van der Waals surface area contributed by atoms with Gasteiger partial charge in [0, 0.05) is 5.75 Å². The number of carbonyl (C=O) groups excluding carboxylic acids is 1. The van der Waals surface area contributed by atoms with Crippen molar-refractivity contribution in [3.63, 3.8) is 0 Å². The molecule has 0 radical (unpaired) electrons. The molecule has 96 valence electrons. The second-order valence-corrected chi connectivity index (χ2v) is 4.83. The Morgan fingerprint density at radius 2 is 2.17 bits per heavy atom. The third kappa shape index (κ3) is 2.28. The summed E-state index contributed by atoms with van der Waals surface area (Å²) < 4.78 is 5.12. The van der Waals surface area contributed by atoms with Gasteiger partial charge in [0.25, 0.3) is 5.91 Å². The first-order chi connectivity index (χ1) is 8.65. The molecule has 0 aliphatic carbocycles. The number of thioether (sulfide) groups is 1. The highest BCUT2D eigenvalue weighted by atomic mass is 32.2. The predicted molar refractivity (Wildman–Crippen MR) is 67.9 cm³/mol. The van der Waals surface area contributed by atoms with Crippen LogP contribution >= 0.6 is 11.8 Å². The number of aliphatic carboxylic acids is 1. The summed E-state index contributed by atoms with van der Waals surface area (Å²) in [6.07, 6.45) is 0. The summed E-state index contributed by atoms with van der Waals surface area (Å²) in [6, 6.07) is 6.07. The van der Waals surface area contributed by atoms with E-state index < -0.39 is 12.0 Å². The first-order valence-corrected chi connectivity index (χ1v) is 6.55. The van der Waals surface area contributed by atoms with Gasteiger partial charge in [0.15, 0.2) is 0 Å². The van der Waals surface area contributed by atoms with Crippen LogP contribution in [0.3, 0.4) is 0 Å². The number of para-hydroxylation sites is 1. The molecule has 1 amide bonds. The van der Waals surface area contributed by atoms with Gasteiger partial charge in [-0.2, -0.15) is 0 Å². The number of ether oxygens (including phenoxy) is 1. The molecule has 5 nitrogen and oxygen atoms in total. The van der Waals surface area contributed by atoms with Crippen LogP contribution < -0.4 is 4.74 Å². The van der Waals surface area contributed by atoms with Crippen molar-refractivity contribution in [3.8, 4) is 5.75 Å². The Morgan fingerprint density at radius 1 is 1.44 bits per heavy atom. The van der Waals surface area contributed by atoms with Crippen LogP contribution in [0.5, 0.6) is 5.75 Å². The number of methoxy groups -OCH3 is 1. The molecule has 1 fully saturated rings. The van der Waals surface area contributed by atoms with Crippen molar-refractivity contribution < 1.29 is 19.4 Å². The van der Waals surface area contributed by atoms with Gasteiger partial charge in [0.2, 0.25) is 0 Å². The quantitative estimate of drug-likeness (QED) is 0.894. The van der Waals surface area contributed by atoms with Gasteiger partial charge < -0.3 is 14.7 Å². The molecule has 1 aliphatic rings. The minimum atomic E-state index is -0.969. The predicted octanol–water partition coefficient (Wildman–Crippen LogP) is 1.29. The summed E-state index contributed by atoms with van der Waals surface area (Å²) in [5.74, 6) is 0.0148. The molecule has 1 N–H and O–H groups in total. The van der Waals surface area contributed by atoms with E-state index >= 15 is 0 Å². The number of rotatable bonds is 3. The Kier molecular flexibility index (Phi) is 3.76. The van der Waals surface area contributed by atoms with Crippen LogP contribution in [0.15, 0.2) is 24.3 Å². The fourth-order valence-corrected chi connectivity index (χ4v) is 2.97. The van der Waals surface area contributed by atoms with E-state index in [0.29, 0.717) is 22.9 Å². The maximum absolute atomic E-state index is 12.3. The molecule has 1 aromatic carbocycles. The van der Waals surface area contributed by atoms with E-state index in [-0.39, 0.29) is 5.91 Å². The SMILES string of the molecule is COc1ccccc1C(=O)N1CSC[C@H]1C(=O)O. The lowest BCUT2D eigenvalue weighted by Gasteiger charge is -2.21. The normalized spacial score (nSPS) is 18.7. The molecule has 2 rings (SSSR count).